The number of thioether (sulfide) groups is 1. The summed E-state index contributed by atoms with van der Waals surface area (Å²) < 4.78 is 0.690. The third-order valence-electron chi connectivity index (χ3n) is 3.79. The summed E-state index contributed by atoms with van der Waals surface area (Å²) >= 11 is 2.30. The standard InChI is InChI=1S/C15H21N3O4S2/c19-11(7-3-6-10-4-1-2-5-10)17-14(22)18-15-16-8-13(24-15)23-9-12(20)21/h8,10H,1-7,9H2,(H,20,21)(H2,16,17,18,19,22). The summed E-state index contributed by atoms with van der Waals surface area (Å²) in [5.41, 5.74) is 0. The van der Waals surface area contributed by atoms with Crippen LogP contribution in [0.4, 0.5) is 9.93 Å². The predicted octanol–water partition coefficient (Wildman–Crippen LogP) is 3.33. The molecule has 1 aromatic rings. The minimum Gasteiger partial charge on any atom is -0.481 e. The van der Waals surface area contributed by atoms with Crippen molar-refractivity contribution in [2.45, 2.75) is 49.2 Å². The molecule has 0 bridgehead atoms. The number of thiazole rings is 1. The summed E-state index contributed by atoms with van der Waals surface area (Å²) in [7, 11) is 0. The van der Waals surface area contributed by atoms with E-state index in [0.29, 0.717) is 15.8 Å². The molecule has 1 fully saturated rings. The normalized spacial score (nSPS) is 14.5. The third-order valence-corrected chi connectivity index (χ3v) is 5.88. The molecule has 9 heteroatoms. The van der Waals surface area contributed by atoms with Crippen LogP contribution in [0.25, 0.3) is 0 Å². The fourth-order valence-corrected chi connectivity index (χ4v) is 4.27. The van der Waals surface area contributed by atoms with Gasteiger partial charge in [-0.15, -0.1) is 11.8 Å². The van der Waals surface area contributed by atoms with Crippen molar-refractivity contribution in [3.05, 3.63) is 6.20 Å². The number of hydrogen-bond donors (Lipinski definition) is 3. The Hall–Kier alpha value is -1.61. The highest BCUT2D eigenvalue weighted by molar-refractivity contribution is 8.01. The number of amides is 3. The smallest absolute Gasteiger partial charge is 0.327 e. The lowest BCUT2D eigenvalue weighted by Crippen LogP contribution is -2.34. The summed E-state index contributed by atoms with van der Waals surface area (Å²) in [6, 6.07) is -0.606. The Bertz CT molecular complexity index is 585. The van der Waals surface area contributed by atoms with Gasteiger partial charge in [0.15, 0.2) is 5.13 Å². The molecule has 7 nitrogen and oxygen atoms in total. The van der Waals surface area contributed by atoms with E-state index in [0.717, 1.165) is 30.5 Å². The zero-order chi connectivity index (χ0) is 17.4. The highest BCUT2D eigenvalue weighted by atomic mass is 32.2. The van der Waals surface area contributed by atoms with E-state index in [2.05, 4.69) is 15.6 Å². The van der Waals surface area contributed by atoms with E-state index in [-0.39, 0.29) is 11.7 Å². The summed E-state index contributed by atoms with van der Waals surface area (Å²) in [5.74, 6) is -0.525. The van der Waals surface area contributed by atoms with Crippen molar-refractivity contribution in [1.82, 2.24) is 10.3 Å². The summed E-state index contributed by atoms with van der Waals surface area (Å²) in [6.45, 7) is 0. The van der Waals surface area contributed by atoms with Crippen molar-refractivity contribution in [2.24, 2.45) is 5.92 Å². The van der Waals surface area contributed by atoms with Gasteiger partial charge in [-0.25, -0.2) is 9.78 Å². The fourth-order valence-electron chi connectivity index (χ4n) is 2.68. The van der Waals surface area contributed by atoms with Crippen LogP contribution in [-0.4, -0.2) is 33.8 Å². The topological polar surface area (TPSA) is 108 Å². The number of urea groups is 1. The first-order valence-electron chi connectivity index (χ1n) is 7.94. The minimum absolute atomic E-state index is 0.0622. The molecule has 1 aromatic heterocycles. The lowest BCUT2D eigenvalue weighted by molar-refractivity contribution is -0.134. The Kier molecular flexibility index (Phi) is 7.51. The molecule has 0 spiro atoms. The maximum atomic E-state index is 11.7. The van der Waals surface area contributed by atoms with E-state index in [4.69, 9.17) is 5.11 Å². The van der Waals surface area contributed by atoms with E-state index >= 15 is 0 Å². The molecular weight excluding hydrogens is 350 g/mol. The van der Waals surface area contributed by atoms with Crippen molar-refractivity contribution < 1.29 is 19.5 Å². The second-order valence-corrected chi connectivity index (χ2v) is 8.02. The molecule has 3 amide bonds. The maximum Gasteiger partial charge on any atom is 0.327 e. The fraction of sp³-hybridized carbons (Fsp3) is 0.600. The number of carbonyl (C=O) groups is 3. The van der Waals surface area contributed by atoms with E-state index in [9.17, 15) is 14.4 Å². The molecular formula is C15H21N3O4S2. The van der Waals surface area contributed by atoms with Crippen LogP contribution >= 0.6 is 23.1 Å². The second kappa shape index (κ2) is 9.63. The summed E-state index contributed by atoms with van der Waals surface area (Å²) in [4.78, 5) is 38.0. The minimum atomic E-state index is -0.913. The zero-order valence-corrected chi connectivity index (χ0v) is 14.9. The highest BCUT2D eigenvalue weighted by Gasteiger charge is 2.16. The molecule has 132 valence electrons. The zero-order valence-electron chi connectivity index (χ0n) is 13.2. The van der Waals surface area contributed by atoms with Crippen LogP contribution in [0.2, 0.25) is 0 Å². The molecule has 0 aromatic carbocycles. The molecule has 2 rings (SSSR count). The Labute approximate surface area is 148 Å². The van der Waals surface area contributed by atoms with Crippen LogP contribution in [-0.2, 0) is 9.59 Å². The van der Waals surface area contributed by atoms with Crippen LogP contribution in [0.1, 0.15) is 44.9 Å². The van der Waals surface area contributed by atoms with Gasteiger partial charge in [0.2, 0.25) is 5.91 Å². The lowest BCUT2D eigenvalue weighted by Gasteiger charge is -2.08. The Morgan fingerprint density at radius 2 is 2.08 bits per heavy atom. The number of carbonyl (C=O) groups excluding carboxylic acids is 2. The van der Waals surface area contributed by atoms with Gasteiger partial charge in [0.1, 0.15) is 0 Å². The van der Waals surface area contributed by atoms with Gasteiger partial charge in [0, 0.05) is 6.42 Å². The monoisotopic (exact) mass is 371 g/mol. The van der Waals surface area contributed by atoms with Gasteiger partial charge in [-0.05, 0) is 18.8 Å². The SMILES string of the molecule is O=C(O)CSc1cnc(NC(=O)NC(=O)CCCC2CCCC2)s1. The average molecular weight is 371 g/mol. The van der Waals surface area contributed by atoms with Crippen molar-refractivity contribution in [3.8, 4) is 0 Å². The number of imide groups is 1. The number of nitrogens with one attached hydrogen (secondary N) is 2. The number of aromatic nitrogens is 1. The number of carboxylic acid groups (broad SMARTS) is 1. The Balaban J connectivity index is 1.64. The molecule has 1 aliphatic rings. The number of carboxylic acids is 1. The molecule has 1 heterocycles. The number of nitrogens with zero attached hydrogens (tertiary/aromatic N) is 1. The highest BCUT2D eigenvalue weighted by Crippen LogP contribution is 2.29. The van der Waals surface area contributed by atoms with Gasteiger partial charge in [0.25, 0.3) is 0 Å². The molecule has 0 radical (unpaired) electrons. The molecule has 24 heavy (non-hydrogen) atoms. The molecule has 0 aliphatic heterocycles. The van der Waals surface area contributed by atoms with Gasteiger partial charge in [-0.3, -0.25) is 20.2 Å². The summed E-state index contributed by atoms with van der Waals surface area (Å²) in [5, 5.41) is 13.7. The van der Waals surface area contributed by atoms with Gasteiger partial charge in [-0.2, -0.15) is 0 Å². The molecule has 0 saturated heterocycles. The molecule has 3 N–H and O–H groups in total. The first-order chi connectivity index (χ1) is 11.5. The number of rotatable bonds is 8. The Morgan fingerprint density at radius 3 is 2.79 bits per heavy atom. The largest absolute Gasteiger partial charge is 0.481 e. The second-order valence-electron chi connectivity index (χ2n) is 5.71. The van der Waals surface area contributed by atoms with Crippen LogP contribution < -0.4 is 10.6 Å². The van der Waals surface area contributed by atoms with Gasteiger partial charge < -0.3 is 5.11 Å². The number of aliphatic carboxylic acids is 1. The van der Waals surface area contributed by atoms with Crippen LogP contribution in [0.15, 0.2) is 10.4 Å². The van der Waals surface area contributed by atoms with Gasteiger partial charge in [0.05, 0.1) is 16.2 Å². The van der Waals surface area contributed by atoms with Crippen molar-refractivity contribution >= 4 is 46.1 Å². The molecule has 1 saturated carbocycles. The van der Waals surface area contributed by atoms with Gasteiger partial charge >= 0.3 is 12.0 Å². The first-order valence-corrected chi connectivity index (χ1v) is 9.74. The Morgan fingerprint density at radius 1 is 1.33 bits per heavy atom. The van der Waals surface area contributed by atoms with Crippen LogP contribution in [0, 0.1) is 5.92 Å². The van der Waals surface area contributed by atoms with E-state index in [1.165, 1.54) is 43.2 Å². The van der Waals surface area contributed by atoms with E-state index < -0.39 is 12.0 Å². The maximum absolute atomic E-state index is 11.7. The lowest BCUT2D eigenvalue weighted by atomic mass is 10.0. The molecule has 0 unspecified atom stereocenters. The third kappa shape index (κ3) is 6.88. The molecule has 0 atom stereocenters. The number of anilines is 1. The van der Waals surface area contributed by atoms with Gasteiger partial charge in [-0.1, -0.05) is 37.0 Å². The quantitative estimate of drug-likeness (QED) is 0.605. The van der Waals surface area contributed by atoms with E-state index in [1.54, 1.807) is 0 Å². The number of hydrogen-bond acceptors (Lipinski definition) is 6. The van der Waals surface area contributed by atoms with Crippen LogP contribution in [0.3, 0.4) is 0 Å². The van der Waals surface area contributed by atoms with E-state index in [1.807, 2.05) is 0 Å². The first kappa shape index (κ1) is 18.7. The van der Waals surface area contributed by atoms with Crippen molar-refractivity contribution in [3.63, 3.8) is 0 Å². The van der Waals surface area contributed by atoms with Crippen molar-refractivity contribution in [2.75, 3.05) is 11.1 Å². The molecule has 1 aliphatic carbocycles. The van der Waals surface area contributed by atoms with Crippen LogP contribution in [0.5, 0.6) is 0 Å². The summed E-state index contributed by atoms with van der Waals surface area (Å²) in [6.07, 6.45) is 8.80. The van der Waals surface area contributed by atoms with Crippen molar-refractivity contribution in [1.29, 1.82) is 0 Å². The predicted molar refractivity (Wildman–Crippen MR) is 93.4 cm³/mol. The average Bonchev–Trinajstić information content (AvgIpc) is 3.16.